The van der Waals surface area contributed by atoms with E-state index in [9.17, 15) is 0 Å². The summed E-state index contributed by atoms with van der Waals surface area (Å²) in [4.78, 5) is 0. The Morgan fingerprint density at radius 2 is 2.15 bits per heavy atom. The number of para-hydroxylation sites is 1. The number of benzene rings is 1. The Morgan fingerprint density at radius 3 is 2.85 bits per heavy atom. The summed E-state index contributed by atoms with van der Waals surface area (Å²) in [6.07, 6.45) is 3.58. The Bertz CT molecular complexity index is 379. The van der Waals surface area contributed by atoms with Gasteiger partial charge in [0.05, 0.1) is 11.9 Å². The summed E-state index contributed by atoms with van der Waals surface area (Å²) < 4.78 is 0. The average Bonchev–Trinajstić information content (AvgIpc) is 2.61. The summed E-state index contributed by atoms with van der Waals surface area (Å²) >= 11 is 0. The minimum atomic E-state index is 0.981. The SMILES string of the molecule is Cc1ccccc1Nc1cn[nH]c1. The maximum absolute atomic E-state index is 3.86. The zero-order chi connectivity index (χ0) is 9.10. The number of rotatable bonds is 2. The van der Waals surface area contributed by atoms with E-state index in [1.807, 2.05) is 24.4 Å². The summed E-state index contributed by atoms with van der Waals surface area (Å²) in [5, 5.41) is 9.88. The van der Waals surface area contributed by atoms with Crippen LogP contribution in [0.4, 0.5) is 11.4 Å². The van der Waals surface area contributed by atoms with E-state index in [4.69, 9.17) is 0 Å². The molecule has 13 heavy (non-hydrogen) atoms. The molecule has 1 aromatic heterocycles. The summed E-state index contributed by atoms with van der Waals surface area (Å²) in [6.45, 7) is 2.07. The minimum absolute atomic E-state index is 0.981. The summed E-state index contributed by atoms with van der Waals surface area (Å²) in [5.74, 6) is 0. The molecular weight excluding hydrogens is 162 g/mol. The second kappa shape index (κ2) is 3.31. The Kier molecular flexibility index (Phi) is 2.00. The van der Waals surface area contributed by atoms with Crippen molar-refractivity contribution >= 4 is 11.4 Å². The van der Waals surface area contributed by atoms with E-state index in [0.29, 0.717) is 0 Å². The van der Waals surface area contributed by atoms with Crippen molar-refractivity contribution in [1.82, 2.24) is 10.2 Å². The summed E-state index contributed by atoms with van der Waals surface area (Å²) in [7, 11) is 0. The Labute approximate surface area is 76.8 Å². The van der Waals surface area contributed by atoms with Gasteiger partial charge in [0.1, 0.15) is 0 Å². The molecule has 0 spiro atoms. The third kappa shape index (κ3) is 1.69. The zero-order valence-electron chi connectivity index (χ0n) is 7.41. The predicted octanol–water partition coefficient (Wildman–Crippen LogP) is 2.46. The number of hydrogen-bond acceptors (Lipinski definition) is 2. The van der Waals surface area contributed by atoms with Crippen LogP contribution in [0.15, 0.2) is 36.7 Å². The fraction of sp³-hybridized carbons (Fsp3) is 0.100. The second-order valence-electron chi connectivity index (χ2n) is 2.93. The van der Waals surface area contributed by atoms with Crippen molar-refractivity contribution < 1.29 is 0 Å². The van der Waals surface area contributed by atoms with Gasteiger partial charge >= 0.3 is 0 Å². The van der Waals surface area contributed by atoms with E-state index in [-0.39, 0.29) is 0 Å². The van der Waals surface area contributed by atoms with Crippen molar-refractivity contribution in [3.05, 3.63) is 42.2 Å². The predicted molar refractivity (Wildman–Crippen MR) is 53.0 cm³/mol. The van der Waals surface area contributed by atoms with Crippen LogP contribution in [0.3, 0.4) is 0 Å². The molecule has 3 nitrogen and oxygen atoms in total. The molecule has 0 unspecified atom stereocenters. The highest BCUT2D eigenvalue weighted by molar-refractivity contribution is 5.61. The van der Waals surface area contributed by atoms with Crippen molar-refractivity contribution in [2.75, 3.05) is 5.32 Å². The molecule has 0 aliphatic carbocycles. The Hall–Kier alpha value is -1.77. The van der Waals surface area contributed by atoms with Crippen molar-refractivity contribution in [2.24, 2.45) is 0 Å². The van der Waals surface area contributed by atoms with Crippen LogP contribution in [0.1, 0.15) is 5.56 Å². The van der Waals surface area contributed by atoms with Crippen molar-refractivity contribution in [3.63, 3.8) is 0 Å². The lowest BCUT2D eigenvalue weighted by atomic mass is 10.2. The van der Waals surface area contributed by atoms with Crippen molar-refractivity contribution in [3.8, 4) is 0 Å². The van der Waals surface area contributed by atoms with Gasteiger partial charge in [0.25, 0.3) is 0 Å². The van der Waals surface area contributed by atoms with E-state index < -0.39 is 0 Å². The minimum Gasteiger partial charge on any atom is -0.353 e. The highest BCUT2D eigenvalue weighted by Crippen LogP contribution is 2.18. The molecule has 0 saturated carbocycles. The zero-order valence-corrected chi connectivity index (χ0v) is 7.41. The molecule has 0 aliphatic heterocycles. The number of aromatic nitrogens is 2. The first-order chi connectivity index (χ1) is 6.36. The van der Waals surface area contributed by atoms with Crippen LogP contribution in [0.25, 0.3) is 0 Å². The first-order valence-electron chi connectivity index (χ1n) is 4.18. The maximum atomic E-state index is 3.86. The topological polar surface area (TPSA) is 40.7 Å². The first kappa shape index (κ1) is 7.86. The molecule has 1 aromatic carbocycles. The molecule has 0 atom stereocenters. The number of hydrogen-bond donors (Lipinski definition) is 2. The highest BCUT2D eigenvalue weighted by atomic mass is 15.1. The van der Waals surface area contributed by atoms with Gasteiger partial charge in [-0.25, -0.2) is 0 Å². The lowest BCUT2D eigenvalue weighted by Crippen LogP contribution is -1.90. The molecule has 66 valence electrons. The van der Waals surface area contributed by atoms with Crippen LogP contribution in [-0.4, -0.2) is 10.2 Å². The van der Waals surface area contributed by atoms with Gasteiger partial charge in [-0.2, -0.15) is 5.10 Å². The number of nitrogens with one attached hydrogen (secondary N) is 2. The van der Waals surface area contributed by atoms with Crippen LogP contribution in [0.2, 0.25) is 0 Å². The number of H-pyrrole nitrogens is 1. The Morgan fingerprint density at radius 1 is 1.31 bits per heavy atom. The molecule has 0 radical (unpaired) electrons. The maximum Gasteiger partial charge on any atom is 0.0767 e. The van der Waals surface area contributed by atoms with Gasteiger partial charge in [-0.3, -0.25) is 5.10 Å². The molecule has 0 aliphatic rings. The average molecular weight is 173 g/mol. The number of anilines is 2. The van der Waals surface area contributed by atoms with Crippen molar-refractivity contribution in [1.29, 1.82) is 0 Å². The van der Waals surface area contributed by atoms with Crippen LogP contribution in [-0.2, 0) is 0 Å². The van der Waals surface area contributed by atoms with Crippen LogP contribution in [0.5, 0.6) is 0 Å². The fourth-order valence-corrected chi connectivity index (χ4v) is 1.19. The molecule has 0 fully saturated rings. The van der Waals surface area contributed by atoms with Gasteiger partial charge in [0.2, 0.25) is 0 Å². The summed E-state index contributed by atoms with van der Waals surface area (Å²) in [6, 6.07) is 8.15. The molecule has 2 rings (SSSR count). The lowest BCUT2D eigenvalue weighted by Gasteiger charge is -2.05. The van der Waals surface area contributed by atoms with E-state index in [1.54, 1.807) is 6.20 Å². The standard InChI is InChI=1S/C10H11N3/c1-8-4-2-3-5-10(8)13-9-6-11-12-7-9/h2-7,13H,1H3,(H,11,12). The number of nitrogens with zero attached hydrogens (tertiary/aromatic N) is 1. The number of aromatic amines is 1. The van der Waals surface area contributed by atoms with Crippen LogP contribution >= 0.6 is 0 Å². The molecular formula is C10H11N3. The third-order valence-corrected chi connectivity index (χ3v) is 1.92. The highest BCUT2D eigenvalue weighted by Gasteiger charge is 1.96. The lowest BCUT2D eigenvalue weighted by molar-refractivity contribution is 1.09. The quantitative estimate of drug-likeness (QED) is 0.732. The monoisotopic (exact) mass is 173 g/mol. The molecule has 2 N–H and O–H groups in total. The van der Waals surface area contributed by atoms with Crippen LogP contribution in [0, 0.1) is 6.92 Å². The summed E-state index contributed by atoms with van der Waals surface area (Å²) in [5.41, 5.74) is 3.32. The van der Waals surface area contributed by atoms with Gasteiger partial charge in [-0.1, -0.05) is 18.2 Å². The van der Waals surface area contributed by atoms with E-state index in [2.05, 4.69) is 28.5 Å². The molecule has 3 heteroatoms. The molecule has 0 saturated heterocycles. The van der Waals surface area contributed by atoms with Gasteiger partial charge < -0.3 is 5.32 Å². The fourth-order valence-electron chi connectivity index (χ4n) is 1.19. The van der Waals surface area contributed by atoms with E-state index in [1.165, 1.54) is 5.56 Å². The Balaban J connectivity index is 2.24. The van der Waals surface area contributed by atoms with Gasteiger partial charge in [-0.05, 0) is 18.6 Å². The van der Waals surface area contributed by atoms with Gasteiger partial charge in [-0.15, -0.1) is 0 Å². The van der Waals surface area contributed by atoms with E-state index >= 15 is 0 Å². The van der Waals surface area contributed by atoms with Crippen molar-refractivity contribution in [2.45, 2.75) is 6.92 Å². The van der Waals surface area contributed by atoms with Gasteiger partial charge in [0, 0.05) is 11.9 Å². The smallest absolute Gasteiger partial charge is 0.0767 e. The molecule has 0 amide bonds. The molecule has 0 bridgehead atoms. The van der Waals surface area contributed by atoms with Crippen LogP contribution < -0.4 is 5.32 Å². The normalized spacial score (nSPS) is 9.92. The van der Waals surface area contributed by atoms with Gasteiger partial charge in [0.15, 0.2) is 0 Å². The second-order valence-corrected chi connectivity index (χ2v) is 2.93. The first-order valence-corrected chi connectivity index (χ1v) is 4.18. The molecule has 2 aromatic rings. The number of aryl methyl sites for hydroxylation is 1. The molecule has 1 heterocycles. The van der Waals surface area contributed by atoms with E-state index in [0.717, 1.165) is 11.4 Å². The largest absolute Gasteiger partial charge is 0.353 e. The third-order valence-electron chi connectivity index (χ3n) is 1.92.